The summed E-state index contributed by atoms with van der Waals surface area (Å²) < 4.78 is 0. The van der Waals surface area contributed by atoms with Crippen molar-refractivity contribution in [1.29, 1.82) is 0 Å². The van der Waals surface area contributed by atoms with Crippen LogP contribution in [0, 0.1) is 6.20 Å². The molecule has 0 fully saturated rings. The predicted molar refractivity (Wildman–Crippen MR) is 49.1 cm³/mol. The van der Waals surface area contributed by atoms with Gasteiger partial charge in [0.15, 0.2) is 0 Å². The Labute approximate surface area is 75.2 Å². The van der Waals surface area contributed by atoms with E-state index < -0.39 is 5.91 Å². The largest absolute Gasteiger partial charge is 0.366 e. The van der Waals surface area contributed by atoms with Crippen LogP contribution in [0.2, 0.25) is 0 Å². The van der Waals surface area contributed by atoms with Crippen LogP contribution in [0.1, 0.15) is 10.4 Å². The fourth-order valence-electron chi connectivity index (χ4n) is 1.25. The zero-order valence-corrected chi connectivity index (χ0v) is 6.82. The molecule has 2 aromatic rings. The van der Waals surface area contributed by atoms with Gasteiger partial charge in [0.1, 0.15) is 0 Å². The number of carbonyl (C=O) groups is 1. The fourth-order valence-corrected chi connectivity index (χ4v) is 1.25. The second-order valence-electron chi connectivity index (χ2n) is 2.68. The van der Waals surface area contributed by atoms with Crippen LogP contribution in [0.25, 0.3) is 10.9 Å². The van der Waals surface area contributed by atoms with E-state index in [4.69, 9.17) is 5.73 Å². The molecule has 0 bridgehead atoms. The van der Waals surface area contributed by atoms with Crippen LogP contribution in [0.15, 0.2) is 30.3 Å². The Balaban J connectivity index is 2.83. The van der Waals surface area contributed by atoms with Gasteiger partial charge in [-0.05, 0) is 12.1 Å². The van der Waals surface area contributed by atoms with Crippen molar-refractivity contribution in [3.8, 4) is 0 Å². The number of para-hydroxylation sites is 1. The summed E-state index contributed by atoms with van der Waals surface area (Å²) in [5.41, 5.74) is 6.39. The van der Waals surface area contributed by atoms with Gasteiger partial charge in [0.25, 0.3) is 0 Å². The molecule has 2 rings (SSSR count). The first-order chi connectivity index (χ1) is 6.29. The first-order valence-corrected chi connectivity index (χ1v) is 3.84. The average molecular weight is 171 g/mol. The third-order valence-electron chi connectivity index (χ3n) is 1.85. The monoisotopic (exact) mass is 171 g/mol. The number of hydrogen-bond acceptors (Lipinski definition) is 2. The predicted octanol–water partition coefficient (Wildman–Crippen LogP) is 1.13. The summed E-state index contributed by atoms with van der Waals surface area (Å²) in [6, 6.07) is 8.84. The van der Waals surface area contributed by atoms with Gasteiger partial charge in [-0.15, -0.1) is 0 Å². The molecule has 3 nitrogen and oxygen atoms in total. The number of benzene rings is 1. The second-order valence-corrected chi connectivity index (χ2v) is 2.68. The van der Waals surface area contributed by atoms with Crippen molar-refractivity contribution in [2.75, 3.05) is 0 Å². The minimum Gasteiger partial charge on any atom is -0.366 e. The molecule has 0 saturated carbocycles. The molecule has 0 aliphatic rings. The Bertz CT molecular complexity index is 460. The Morgan fingerprint density at radius 1 is 1.38 bits per heavy atom. The normalized spacial score (nSPS) is 10.2. The molecular weight excluding hydrogens is 164 g/mol. The maximum atomic E-state index is 11.0. The highest BCUT2D eigenvalue weighted by molar-refractivity contribution is 6.05. The van der Waals surface area contributed by atoms with Crippen molar-refractivity contribution in [2.45, 2.75) is 0 Å². The minimum absolute atomic E-state index is 0.449. The van der Waals surface area contributed by atoms with Gasteiger partial charge < -0.3 is 5.73 Å². The number of hydrogen-bond donors (Lipinski definition) is 1. The van der Waals surface area contributed by atoms with Gasteiger partial charge in [0.2, 0.25) is 5.91 Å². The van der Waals surface area contributed by atoms with Crippen LogP contribution < -0.4 is 5.73 Å². The molecule has 13 heavy (non-hydrogen) atoms. The van der Waals surface area contributed by atoms with E-state index in [0.29, 0.717) is 5.56 Å². The molecule has 2 N–H and O–H groups in total. The van der Waals surface area contributed by atoms with E-state index in [9.17, 15) is 4.79 Å². The molecule has 63 valence electrons. The van der Waals surface area contributed by atoms with Crippen molar-refractivity contribution >= 4 is 16.8 Å². The van der Waals surface area contributed by atoms with Crippen LogP contribution in [-0.2, 0) is 0 Å². The van der Waals surface area contributed by atoms with E-state index in [-0.39, 0.29) is 0 Å². The lowest BCUT2D eigenvalue weighted by Gasteiger charge is -1.99. The summed E-state index contributed by atoms with van der Waals surface area (Å²) in [6.45, 7) is 0. The topological polar surface area (TPSA) is 56.0 Å². The molecule has 1 aromatic carbocycles. The summed E-state index contributed by atoms with van der Waals surface area (Å²) in [4.78, 5) is 15.0. The third-order valence-corrected chi connectivity index (χ3v) is 1.85. The molecule has 1 heterocycles. The summed E-state index contributed by atoms with van der Waals surface area (Å²) in [5, 5.41) is 0.772. The first kappa shape index (κ1) is 7.73. The third kappa shape index (κ3) is 1.24. The van der Waals surface area contributed by atoms with E-state index in [1.807, 2.05) is 24.3 Å². The summed E-state index contributed by atoms with van der Waals surface area (Å²) in [7, 11) is 0. The van der Waals surface area contributed by atoms with Crippen molar-refractivity contribution < 1.29 is 4.79 Å². The van der Waals surface area contributed by atoms with E-state index in [2.05, 4.69) is 11.2 Å². The highest BCUT2D eigenvalue weighted by atomic mass is 16.1. The summed E-state index contributed by atoms with van der Waals surface area (Å²) >= 11 is 0. The maximum Gasteiger partial charge on any atom is 0.249 e. The van der Waals surface area contributed by atoms with E-state index in [1.165, 1.54) is 6.07 Å². The molecule has 1 radical (unpaired) electrons. The van der Waals surface area contributed by atoms with Crippen molar-refractivity contribution in [3.63, 3.8) is 0 Å². The van der Waals surface area contributed by atoms with E-state index in [0.717, 1.165) is 10.9 Å². The SMILES string of the molecule is NC(=O)c1c[c]nc2ccccc12. The highest BCUT2D eigenvalue weighted by Crippen LogP contribution is 2.14. The Hall–Kier alpha value is -1.90. The Morgan fingerprint density at radius 2 is 2.15 bits per heavy atom. The van der Waals surface area contributed by atoms with Crippen molar-refractivity contribution in [1.82, 2.24) is 4.98 Å². The number of primary amides is 1. The zero-order chi connectivity index (χ0) is 9.26. The molecule has 1 aromatic heterocycles. The lowest BCUT2D eigenvalue weighted by atomic mass is 10.1. The van der Waals surface area contributed by atoms with Crippen LogP contribution in [0.3, 0.4) is 0 Å². The zero-order valence-electron chi connectivity index (χ0n) is 6.82. The molecule has 0 unspecified atom stereocenters. The lowest BCUT2D eigenvalue weighted by molar-refractivity contribution is 0.100. The molecule has 0 aliphatic heterocycles. The Kier molecular flexibility index (Phi) is 1.70. The molecular formula is C10H7N2O. The maximum absolute atomic E-state index is 11.0. The number of amides is 1. The number of fused-ring (bicyclic) bond motifs is 1. The quantitative estimate of drug-likeness (QED) is 0.699. The van der Waals surface area contributed by atoms with Gasteiger partial charge in [0.05, 0.1) is 17.3 Å². The number of pyridine rings is 1. The summed E-state index contributed by atoms with van der Waals surface area (Å²) in [5.74, 6) is -0.449. The Morgan fingerprint density at radius 3 is 2.92 bits per heavy atom. The van der Waals surface area contributed by atoms with Gasteiger partial charge in [-0.1, -0.05) is 18.2 Å². The number of nitrogens with two attached hydrogens (primary N) is 1. The molecule has 0 saturated heterocycles. The van der Waals surface area contributed by atoms with Crippen LogP contribution in [0.5, 0.6) is 0 Å². The number of aromatic nitrogens is 1. The molecule has 0 aliphatic carbocycles. The molecule has 3 heteroatoms. The fraction of sp³-hybridized carbons (Fsp3) is 0. The van der Waals surface area contributed by atoms with Crippen molar-refractivity contribution in [3.05, 3.63) is 42.1 Å². The van der Waals surface area contributed by atoms with E-state index in [1.54, 1.807) is 0 Å². The van der Waals surface area contributed by atoms with Gasteiger partial charge in [-0.3, -0.25) is 4.79 Å². The lowest BCUT2D eigenvalue weighted by Crippen LogP contribution is -2.11. The average Bonchev–Trinajstić information content (AvgIpc) is 2.17. The molecule has 0 spiro atoms. The highest BCUT2D eigenvalue weighted by Gasteiger charge is 2.05. The van der Waals surface area contributed by atoms with E-state index >= 15 is 0 Å². The second kappa shape index (κ2) is 2.86. The number of carbonyl (C=O) groups excluding carboxylic acids is 1. The van der Waals surface area contributed by atoms with Gasteiger partial charge in [-0.2, -0.15) is 0 Å². The van der Waals surface area contributed by atoms with Gasteiger partial charge >= 0.3 is 0 Å². The number of nitrogens with zero attached hydrogens (tertiary/aromatic N) is 1. The van der Waals surface area contributed by atoms with Gasteiger partial charge in [0, 0.05) is 5.39 Å². The molecule has 0 atom stereocenters. The van der Waals surface area contributed by atoms with Gasteiger partial charge in [-0.25, -0.2) is 4.98 Å². The first-order valence-electron chi connectivity index (χ1n) is 3.84. The smallest absolute Gasteiger partial charge is 0.249 e. The van der Waals surface area contributed by atoms with Crippen LogP contribution in [-0.4, -0.2) is 10.9 Å². The van der Waals surface area contributed by atoms with Crippen LogP contribution in [0.4, 0.5) is 0 Å². The van der Waals surface area contributed by atoms with Crippen LogP contribution >= 0.6 is 0 Å². The minimum atomic E-state index is -0.449. The van der Waals surface area contributed by atoms with Crippen molar-refractivity contribution in [2.24, 2.45) is 5.73 Å². The number of rotatable bonds is 1. The molecule has 1 amide bonds. The summed E-state index contributed by atoms with van der Waals surface area (Å²) in [6.07, 6.45) is 2.63. The standard InChI is InChI=1S/C10H7N2O/c11-10(13)8-5-6-12-9-4-2-1-3-7(8)9/h1-5H,(H2,11,13).